The predicted octanol–water partition coefficient (Wildman–Crippen LogP) is 4.21. The molecule has 0 saturated carbocycles. The van der Waals surface area contributed by atoms with E-state index >= 15 is 0 Å². The number of hydrogen-bond acceptors (Lipinski definition) is 5. The molecule has 0 bridgehead atoms. The van der Waals surface area contributed by atoms with Crippen molar-refractivity contribution in [2.75, 3.05) is 6.54 Å². The van der Waals surface area contributed by atoms with Gasteiger partial charge in [-0.15, -0.1) is 11.3 Å². The number of carbonyl (C=O) groups is 2. The number of nitrogens with zero attached hydrogens (tertiary/aromatic N) is 2. The lowest BCUT2D eigenvalue weighted by Gasteiger charge is -2.40. The van der Waals surface area contributed by atoms with Crippen LogP contribution in [0.15, 0.2) is 23.6 Å². The Kier molecular flexibility index (Phi) is 5.28. The van der Waals surface area contributed by atoms with Crippen LogP contribution in [0.25, 0.3) is 11.3 Å². The van der Waals surface area contributed by atoms with Crippen LogP contribution in [0.5, 0.6) is 0 Å². The van der Waals surface area contributed by atoms with Gasteiger partial charge in [-0.2, -0.15) is 0 Å². The van der Waals surface area contributed by atoms with Crippen molar-refractivity contribution in [3.8, 4) is 11.3 Å². The smallest absolute Gasteiger partial charge is 0.410 e. The first-order valence-corrected chi connectivity index (χ1v) is 9.44. The Labute approximate surface area is 160 Å². The molecule has 0 N–H and O–H groups in total. The van der Waals surface area contributed by atoms with Crippen molar-refractivity contribution in [2.45, 2.75) is 45.3 Å². The molecule has 1 amide bonds. The Morgan fingerprint density at radius 1 is 1.30 bits per heavy atom. The summed E-state index contributed by atoms with van der Waals surface area (Å²) >= 11 is 1.27. The summed E-state index contributed by atoms with van der Waals surface area (Å²) in [6, 6.07) is 3.05. The number of halogens is 2. The van der Waals surface area contributed by atoms with Gasteiger partial charge in [0.25, 0.3) is 0 Å². The Morgan fingerprint density at radius 2 is 2.04 bits per heavy atom. The van der Waals surface area contributed by atoms with Gasteiger partial charge in [-0.05, 0) is 45.4 Å². The first kappa shape index (κ1) is 19.4. The third kappa shape index (κ3) is 4.50. The highest BCUT2D eigenvalue weighted by Gasteiger charge is 2.39. The van der Waals surface area contributed by atoms with E-state index in [0.717, 1.165) is 12.1 Å². The monoisotopic (exact) mass is 394 g/mol. The van der Waals surface area contributed by atoms with Crippen LogP contribution in [0.3, 0.4) is 0 Å². The number of likely N-dealkylation sites (tertiary alicyclic amines) is 1. The number of aromatic nitrogens is 1. The number of benzene rings is 1. The van der Waals surface area contributed by atoms with Crippen molar-refractivity contribution in [3.63, 3.8) is 0 Å². The molecule has 0 unspecified atom stereocenters. The fourth-order valence-corrected chi connectivity index (χ4v) is 3.52. The molecule has 2 aromatic rings. The van der Waals surface area contributed by atoms with E-state index in [1.807, 2.05) is 0 Å². The molecule has 2 heterocycles. The molecular formula is C19H20F2N2O3S. The second-order valence-corrected chi connectivity index (χ2v) is 8.32. The average molecular weight is 394 g/mol. The summed E-state index contributed by atoms with van der Waals surface area (Å²) in [5.41, 5.74) is 0.316. The summed E-state index contributed by atoms with van der Waals surface area (Å²) in [4.78, 5) is 30.4. The van der Waals surface area contributed by atoms with Gasteiger partial charge < -0.3 is 4.74 Å². The molecule has 1 atom stereocenters. The maximum Gasteiger partial charge on any atom is 0.410 e. The SMILES string of the molecule is CC(C)(C)OC(=O)N1CC[C@H]1C(=O)Cc1nc(-c2ccc(F)c(F)c2)cs1. The molecule has 5 nitrogen and oxygen atoms in total. The minimum absolute atomic E-state index is 0.0817. The van der Waals surface area contributed by atoms with Crippen LogP contribution in [0.2, 0.25) is 0 Å². The van der Waals surface area contributed by atoms with Crippen LogP contribution in [0.1, 0.15) is 32.2 Å². The van der Waals surface area contributed by atoms with Crippen LogP contribution < -0.4 is 0 Å². The number of hydrogen-bond donors (Lipinski definition) is 0. The van der Waals surface area contributed by atoms with Gasteiger partial charge in [0.15, 0.2) is 17.4 Å². The topological polar surface area (TPSA) is 59.5 Å². The number of rotatable bonds is 4. The number of Topliss-reactive ketones (excluding diaryl/α,β-unsaturated/α-hetero) is 1. The molecule has 144 valence electrons. The largest absolute Gasteiger partial charge is 0.444 e. The molecule has 1 saturated heterocycles. The lowest BCUT2D eigenvalue weighted by atomic mass is 9.97. The highest BCUT2D eigenvalue weighted by Crippen LogP contribution is 2.26. The zero-order chi connectivity index (χ0) is 19.8. The van der Waals surface area contributed by atoms with Crippen molar-refractivity contribution in [1.29, 1.82) is 0 Å². The number of ether oxygens (including phenoxy) is 1. The van der Waals surface area contributed by atoms with Crippen molar-refractivity contribution < 1.29 is 23.1 Å². The van der Waals surface area contributed by atoms with Crippen molar-refractivity contribution in [3.05, 3.63) is 40.2 Å². The highest BCUT2D eigenvalue weighted by molar-refractivity contribution is 7.10. The van der Waals surface area contributed by atoms with Gasteiger partial charge in [-0.3, -0.25) is 9.69 Å². The van der Waals surface area contributed by atoms with E-state index in [0.29, 0.717) is 29.2 Å². The number of thiazole rings is 1. The number of carbonyl (C=O) groups excluding carboxylic acids is 2. The Morgan fingerprint density at radius 3 is 2.63 bits per heavy atom. The molecule has 1 aliphatic heterocycles. The van der Waals surface area contributed by atoms with Crippen molar-refractivity contribution in [1.82, 2.24) is 9.88 Å². The lowest BCUT2D eigenvalue weighted by Crippen LogP contribution is -2.56. The van der Waals surface area contributed by atoms with Crippen molar-refractivity contribution >= 4 is 23.2 Å². The molecule has 27 heavy (non-hydrogen) atoms. The summed E-state index contributed by atoms with van der Waals surface area (Å²) in [5.74, 6) is -1.98. The first-order chi connectivity index (χ1) is 12.6. The van der Waals surface area contributed by atoms with Crippen LogP contribution >= 0.6 is 11.3 Å². The summed E-state index contributed by atoms with van der Waals surface area (Å²) in [6.07, 6.45) is 0.186. The summed E-state index contributed by atoms with van der Waals surface area (Å²) in [5, 5.41) is 2.26. The molecular weight excluding hydrogens is 374 g/mol. The highest BCUT2D eigenvalue weighted by atomic mass is 32.1. The molecule has 1 aromatic carbocycles. The summed E-state index contributed by atoms with van der Waals surface area (Å²) < 4.78 is 31.7. The van der Waals surface area contributed by atoms with E-state index in [4.69, 9.17) is 4.74 Å². The van der Waals surface area contributed by atoms with Gasteiger partial charge in [0, 0.05) is 17.5 Å². The maximum atomic E-state index is 13.4. The summed E-state index contributed by atoms with van der Waals surface area (Å²) in [6.45, 7) is 5.81. The number of amides is 1. The van der Waals surface area contributed by atoms with Crippen molar-refractivity contribution in [2.24, 2.45) is 0 Å². The summed E-state index contributed by atoms with van der Waals surface area (Å²) in [7, 11) is 0. The fraction of sp³-hybridized carbons (Fsp3) is 0.421. The molecule has 1 fully saturated rings. The molecule has 3 rings (SSSR count). The van der Waals surface area contributed by atoms with Crippen LogP contribution in [-0.4, -0.2) is 39.9 Å². The van der Waals surface area contributed by atoms with Crippen LogP contribution in [0, 0.1) is 11.6 Å². The van der Waals surface area contributed by atoms with E-state index in [1.54, 1.807) is 26.2 Å². The zero-order valence-electron chi connectivity index (χ0n) is 15.3. The predicted molar refractivity (Wildman–Crippen MR) is 97.5 cm³/mol. The fourth-order valence-electron chi connectivity index (χ4n) is 2.71. The normalized spacial score (nSPS) is 16.8. The Balaban J connectivity index is 1.64. The van der Waals surface area contributed by atoms with Gasteiger partial charge in [-0.1, -0.05) is 0 Å². The van der Waals surface area contributed by atoms with Crippen LogP contribution in [0.4, 0.5) is 13.6 Å². The third-order valence-electron chi connectivity index (χ3n) is 4.11. The molecule has 0 spiro atoms. The van der Waals surface area contributed by atoms with Gasteiger partial charge in [0.05, 0.1) is 18.2 Å². The maximum absolute atomic E-state index is 13.4. The van der Waals surface area contributed by atoms with Gasteiger partial charge in [0.1, 0.15) is 10.6 Å². The van der Waals surface area contributed by atoms with E-state index < -0.39 is 29.4 Å². The molecule has 0 aliphatic carbocycles. The Hall–Kier alpha value is -2.35. The second-order valence-electron chi connectivity index (χ2n) is 7.38. The zero-order valence-corrected chi connectivity index (χ0v) is 16.1. The molecule has 1 aromatic heterocycles. The van der Waals surface area contributed by atoms with Gasteiger partial charge in [0.2, 0.25) is 0 Å². The average Bonchev–Trinajstić information content (AvgIpc) is 2.95. The standard InChI is InChI=1S/C19H20F2N2O3S/c1-19(2,3)26-18(25)23-7-6-15(23)16(24)9-17-22-14(10-27-17)11-4-5-12(20)13(21)8-11/h4-5,8,10,15H,6-7,9H2,1-3H3/t15-/m0/s1. The van der Waals surface area contributed by atoms with Gasteiger partial charge >= 0.3 is 6.09 Å². The minimum Gasteiger partial charge on any atom is -0.444 e. The molecule has 0 radical (unpaired) electrons. The molecule has 1 aliphatic rings. The Bertz CT molecular complexity index is 876. The van der Waals surface area contributed by atoms with E-state index in [2.05, 4.69) is 4.98 Å². The lowest BCUT2D eigenvalue weighted by molar-refractivity contribution is -0.127. The van der Waals surface area contributed by atoms with E-state index in [-0.39, 0.29) is 12.2 Å². The van der Waals surface area contributed by atoms with Gasteiger partial charge in [-0.25, -0.2) is 18.6 Å². The minimum atomic E-state index is -0.944. The van der Waals surface area contributed by atoms with E-state index in [9.17, 15) is 18.4 Å². The van der Waals surface area contributed by atoms with Crippen LogP contribution in [-0.2, 0) is 16.0 Å². The third-order valence-corrected chi connectivity index (χ3v) is 4.96. The van der Waals surface area contributed by atoms with E-state index in [1.165, 1.54) is 22.3 Å². The quantitative estimate of drug-likeness (QED) is 0.780. The molecule has 8 heteroatoms. The number of ketones is 1. The first-order valence-electron chi connectivity index (χ1n) is 8.56. The second kappa shape index (κ2) is 7.34.